The molecule has 0 aromatic carbocycles. The van der Waals surface area contributed by atoms with Gasteiger partial charge in [-0.05, 0) is 18.8 Å². The van der Waals surface area contributed by atoms with E-state index in [0.29, 0.717) is 18.7 Å². The van der Waals surface area contributed by atoms with Crippen molar-refractivity contribution in [2.45, 2.75) is 51.8 Å². The molecular formula is C11H23ClN2O2. The normalized spacial score (nSPS) is 16.6. The Morgan fingerprint density at radius 1 is 1.50 bits per heavy atom. The molecule has 4 N–H and O–H groups in total. The quantitative estimate of drug-likeness (QED) is 0.448. The van der Waals surface area contributed by atoms with Crippen LogP contribution in [0, 0.1) is 5.92 Å². The lowest BCUT2D eigenvalue weighted by atomic mass is 10.0. The van der Waals surface area contributed by atoms with Gasteiger partial charge in [0.15, 0.2) is 0 Å². The maximum absolute atomic E-state index is 11.6. The topological polar surface area (TPSA) is 75.4 Å². The van der Waals surface area contributed by atoms with Gasteiger partial charge in [0.1, 0.15) is 6.23 Å². The maximum Gasteiger partial charge on any atom is 0.220 e. The first-order valence-corrected chi connectivity index (χ1v) is 6.37. The zero-order valence-electron chi connectivity index (χ0n) is 10.1. The van der Waals surface area contributed by atoms with Gasteiger partial charge >= 0.3 is 0 Å². The van der Waals surface area contributed by atoms with Gasteiger partial charge in [-0.3, -0.25) is 4.79 Å². The molecule has 0 aliphatic carbocycles. The fraction of sp³-hybridized carbons (Fsp3) is 0.909. The lowest BCUT2D eigenvalue weighted by Crippen LogP contribution is -2.47. The van der Waals surface area contributed by atoms with Gasteiger partial charge in [-0.15, -0.1) is 11.6 Å². The number of rotatable bonds is 8. The molecule has 4 nitrogen and oxygen atoms in total. The highest BCUT2D eigenvalue weighted by Crippen LogP contribution is 2.13. The second-order valence-corrected chi connectivity index (χ2v) is 4.39. The summed E-state index contributed by atoms with van der Waals surface area (Å²) in [4.78, 5) is 11.6. The van der Waals surface area contributed by atoms with Crippen LogP contribution >= 0.6 is 11.6 Å². The summed E-state index contributed by atoms with van der Waals surface area (Å²) in [7, 11) is 0. The lowest BCUT2D eigenvalue weighted by Gasteiger charge is -2.21. The van der Waals surface area contributed by atoms with Gasteiger partial charge in [0.05, 0.1) is 6.04 Å². The largest absolute Gasteiger partial charge is 0.377 e. The van der Waals surface area contributed by atoms with E-state index in [-0.39, 0.29) is 17.9 Å². The smallest absolute Gasteiger partial charge is 0.220 e. The Balaban J connectivity index is 4.04. The van der Waals surface area contributed by atoms with Crippen LogP contribution in [0.1, 0.15) is 39.5 Å². The average molecular weight is 251 g/mol. The van der Waals surface area contributed by atoms with Crippen molar-refractivity contribution in [2.24, 2.45) is 11.7 Å². The molecule has 0 rings (SSSR count). The van der Waals surface area contributed by atoms with Crippen LogP contribution in [0.25, 0.3) is 0 Å². The molecule has 96 valence electrons. The number of carbonyl (C=O) groups excluding carboxylic acids is 1. The van der Waals surface area contributed by atoms with Gasteiger partial charge in [0, 0.05) is 12.3 Å². The monoisotopic (exact) mass is 250 g/mol. The molecular weight excluding hydrogens is 228 g/mol. The number of nitrogens with two attached hydrogens (primary N) is 1. The molecule has 16 heavy (non-hydrogen) atoms. The first kappa shape index (κ1) is 15.7. The Kier molecular flexibility index (Phi) is 8.61. The average Bonchev–Trinajstić information content (AvgIpc) is 2.24. The number of carbonyl (C=O) groups is 1. The number of halogens is 1. The van der Waals surface area contributed by atoms with Crippen molar-refractivity contribution in [3.8, 4) is 0 Å². The molecule has 0 aliphatic heterocycles. The molecule has 0 aliphatic rings. The van der Waals surface area contributed by atoms with E-state index >= 15 is 0 Å². The minimum absolute atomic E-state index is 0.0875. The third-order valence-electron chi connectivity index (χ3n) is 2.59. The number of hydrogen-bond acceptors (Lipinski definition) is 3. The van der Waals surface area contributed by atoms with Gasteiger partial charge in [-0.1, -0.05) is 20.3 Å². The molecule has 0 bridgehead atoms. The highest BCUT2D eigenvalue weighted by atomic mass is 35.5. The Morgan fingerprint density at radius 2 is 2.12 bits per heavy atom. The van der Waals surface area contributed by atoms with E-state index in [1.165, 1.54) is 0 Å². The van der Waals surface area contributed by atoms with Crippen molar-refractivity contribution in [1.29, 1.82) is 0 Å². The first-order valence-electron chi connectivity index (χ1n) is 5.84. The molecule has 0 aromatic heterocycles. The summed E-state index contributed by atoms with van der Waals surface area (Å²) < 4.78 is 0. The zero-order valence-corrected chi connectivity index (χ0v) is 10.8. The second-order valence-electron chi connectivity index (χ2n) is 4.09. The van der Waals surface area contributed by atoms with Crippen LogP contribution in [-0.4, -0.2) is 29.2 Å². The molecule has 0 saturated heterocycles. The Labute approximate surface area is 103 Å². The molecule has 3 atom stereocenters. The number of hydrogen-bond donors (Lipinski definition) is 3. The molecule has 1 amide bonds. The predicted molar refractivity (Wildman–Crippen MR) is 66.2 cm³/mol. The summed E-state index contributed by atoms with van der Waals surface area (Å²) in [5, 5.41) is 11.9. The van der Waals surface area contributed by atoms with Crippen LogP contribution in [-0.2, 0) is 4.79 Å². The van der Waals surface area contributed by atoms with Crippen LogP contribution in [0.2, 0.25) is 0 Å². The van der Waals surface area contributed by atoms with Crippen molar-refractivity contribution >= 4 is 17.5 Å². The molecule has 5 heteroatoms. The van der Waals surface area contributed by atoms with E-state index in [4.69, 9.17) is 17.3 Å². The molecule has 0 saturated carbocycles. The van der Waals surface area contributed by atoms with Crippen LogP contribution in [0.3, 0.4) is 0 Å². The standard InChI is InChI=1S/C11H23ClN2O2/c1-3-5-8(7-12)6-10(15)14-9(4-2)11(13)16/h8-9,11,16H,3-7,13H2,1-2H3,(H,14,15)/t8?,9-,11+/m0/s1. The van der Waals surface area contributed by atoms with Crippen LogP contribution in [0.15, 0.2) is 0 Å². The first-order chi connectivity index (χ1) is 7.54. The van der Waals surface area contributed by atoms with E-state index in [0.717, 1.165) is 12.8 Å². The van der Waals surface area contributed by atoms with E-state index in [2.05, 4.69) is 12.2 Å². The van der Waals surface area contributed by atoms with E-state index in [1.807, 2.05) is 6.92 Å². The third-order valence-corrected chi connectivity index (χ3v) is 3.02. The van der Waals surface area contributed by atoms with Crippen LogP contribution in [0.5, 0.6) is 0 Å². The SMILES string of the molecule is CCCC(CCl)CC(=O)N[C@@H](CC)[C@H](N)O. The Morgan fingerprint density at radius 3 is 2.50 bits per heavy atom. The van der Waals surface area contributed by atoms with Crippen molar-refractivity contribution in [2.75, 3.05) is 5.88 Å². The summed E-state index contributed by atoms with van der Waals surface area (Å²) in [6, 6.07) is -0.370. The summed E-state index contributed by atoms with van der Waals surface area (Å²) in [5.74, 6) is 0.609. The highest BCUT2D eigenvalue weighted by Gasteiger charge is 2.18. The summed E-state index contributed by atoms with van der Waals surface area (Å²) in [6.07, 6.45) is 1.97. The maximum atomic E-state index is 11.6. The second kappa shape index (κ2) is 8.79. The van der Waals surface area contributed by atoms with E-state index in [1.54, 1.807) is 0 Å². The van der Waals surface area contributed by atoms with Crippen molar-refractivity contribution in [3.05, 3.63) is 0 Å². The fourth-order valence-corrected chi connectivity index (χ4v) is 1.86. The zero-order chi connectivity index (χ0) is 12.6. The van der Waals surface area contributed by atoms with Gasteiger partial charge in [0.2, 0.25) is 5.91 Å². The number of amides is 1. The van der Waals surface area contributed by atoms with Gasteiger partial charge in [-0.25, -0.2) is 0 Å². The Hall–Kier alpha value is -0.320. The van der Waals surface area contributed by atoms with Crippen molar-refractivity contribution in [1.82, 2.24) is 5.32 Å². The fourth-order valence-electron chi connectivity index (χ4n) is 1.60. The molecule has 0 aromatic rings. The van der Waals surface area contributed by atoms with E-state index < -0.39 is 6.23 Å². The predicted octanol–water partition coefficient (Wildman–Crippen LogP) is 1.20. The minimum atomic E-state index is -1.01. The highest BCUT2D eigenvalue weighted by molar-refractivity contribution is 6.18. The summed E-state index contributed by atoms with van der Waals surface area (Å²) in [6.45, 7) is 3.93. The summed E-state index contributed by atoms with van der Waals surface area (Å²) in [5.41, 5.74) is 5.33. The molecule has 0 fully saturated rings. The number of aliphatic hydroxyl groups excluding tert-OH is 1. The minimum Gasteiger partial charge on any atom is -0.377 e. The number of aliphatic hydroxyl groups is 1. The molecule has 0 heterocycles. The van der Waals surface area contributed by atoms with Crippen LogP contribution in [0.4, 0.5) is 0 Å². The van der Waals surface area contributed by atoms with Gasteiger partial charge in [0.25, 0.3) is 0 Å². The van der Waals surface area contributed by atoms with E-state index in [9.17, 15) is 9.90 Å². The Bertz CT molecular complexity index is 200. The van der Waals surface area contributed by atoms with Gasteiger partial charge in [-0.2, -0.15) is 0 Å². The van der Waals surface area contributed by atoms with Gasteiger partial charge < -0.3 is 16.2 Å². The van der Waals surface area contributed by atoms with Crippen LogP contribution < -0.4 is 11.1 Å². The molecule has 0 radical (unpaired) electrons. The third kappa shape index (κ3) is 6.30. The van der Waals surface area contributed by atoms with Crippen molar-refractivity contribution < 1.29 is 9.90 Å². The van der Waals surface area contributed by atoms with Crippen molar-refractivity contribution in [3.63, 3.8) is 0 Å². The lowest BCUT2D eigenvalue weighted by molar-refractivity contribution is -0.123. The number of alkyl halides is 1. The number of nitrogens with one attached hydrogen (secondary N) is 1. The molecule has 0 spiro atoms. The summed E-state index contributed by atoms with van der Waals surface area (Å²) >= 11 is 5.77. The molecule has 1 unspecified atom stereocenters.